The fourth-order valence-electron chi connectivity index (χ4n) is 7.34. The lowest BCUT2D eigenvalue weighted by Gasteiger charge is -2.34. The Labute approximate surface area is 326 Å². The molecule has 0 radical (unpaired) electrons. The van der Waals surface area contributed by atoms with E-state index in [1.807, 2.05) is 42.7 Å². The number of benzene rings is 2. The van der Waals surface area contributed by atoms with Crippen LogP contribution in [0.1, 0.15) is 71.4 Å². The number of aromatic amines is 1. The highest BCUT2D eigenvalue weighted by atomic mass is 16.5. The maximum absolute atomic E-state index is 13.0. The van der Waals surface area contributed by atoms with E-state index < -0.39 is 29.7 Å². The summed E-state index contributed by atoms with van der Waals surface area (Å²) in [5.74, 6) is 5.81. The zero-order chi connectivity index (χ0) is 38.9. The van der Waals surface area contributed by atoms with E-state index in [1.165, 1.54) is 12.1 Å². The van der Waals surface area contributed by atoms with E-state index in [2.05, 4.69) is 55.3 Å². The van der Waals surface area contributed by atoms with Crippen molar-refractivity contribution in [1.29, 1.82) is 0 Å². The Bertz CT molecular complexity index is 2600. The number of hydrogen-bond donors (Lipinski definition) is 2. The van der Waals surface area contributed by atoms with Crippen molar-refractivity contribution in [2.24, 2.45) is 0 Å². The molecule has 0 bridgehead atoms. The Morgan fingerprint density at radius 3 is 2.42 bits per heavy atom. The number of rotatable bonds is 11. The Morgan fingerprint density at radius 1 is 0.754 bits per heavy atom. The topological polar surface area (TPSA) is 166 Å². The van der Waals surface area contributed by atoms with Gasteiger partial charge in [0.15, 0.2) is 0 Å². The van der Waals surface area contributed by atoms with Crippen molar-refractivity contribution < 1.29 is 33.4 Å². The molecule has 2 aromatic carbocycles. The van der Waals surface area contributed by atoms with Crippen LogP contribution in [-0.2, 0) is 9.59 Å². The number of unbranched alkanes of at least 4 members (excludes halogenated alkanes) is 2. The molecular weight excluding hydrogens is 725 g/mol. The molecule has 2 aliphatic heterocycles. The minimum Gasteiger partial charge on any atom is -0.494 e. The zero-order valence-electron chi connectivity index (χ0n) is 30.7. The van der Waals surface area contributed by atoms with Crippen molar-refractivity contribution in [2.75, 3.05) is 6.61 Å². The minimum atomic E-state index is -1.00. The largest absolute Gasteiger partial charge is 0.494 e. The summed E-state index contributed by atoms with van der Waals surface area (Å²) in [6, 6.07) is 19.7. The summed E-state index contributed by atoms with van der Waals surface area (Å²) < 4.78 is 18.0. The van der Waals surface area contributed by atoms with Gasteiger partial charge < -0.3 is 19.2 Å². The molecule has 4 aromatic heterocycles. The molecule has 4 amide bonds. The van der Waals surface area contributed by atoms with Gasteiger partial charge in [-0.15, -0.1) is 0 Å². The van der Waals surface area contributed by atoms with Crippen LogP contribution in [-0.4, -0.2) is 73.3 Å². The molecule has 0 spiro atoms. The lowest BCUT2D eigenvalue weighted by molar-refractivity contribution is -0.136. The molecule has 1 atom stereocenters. The zero-order valence-corrected chi connectivity index (χ0v) is 30.7. The normalized spacial score (nSPS) is 18.8. The number of aromatic nitrogens is 4. The van der Waals surface area contributed by atoms with Crippen molar-refractivity contribution in [1.82, 2.24) is 30.2 Å². The molecule has 284 valence electrons. The smallest absolute Gasteiger partial charge is 0.262 e. The number of H-pyrrole nitrogens is 1. The summed E-state index contributed by atoms with van der Waals surface area (Å²) >= 11 is 0. The number of carbonyl (C=O) groups is 4. The number of hydrogen-bond acceptors (Lipinski definition) is 10. The van der Waals surface area contributed by atoms with Gasteiger partial charge in [0.05, 0.1) is 23.9 Å². The molecule has 1 saturated carbocycles. The predicted molar refractivity (Wildman–Crippen MR) is 208 cm³/mol. The van der Waals surface area contributed by atoms with Gasteiger partial charge in [0.25, 0.3) is 11.8 Å². The first-order chi connectivity index (χ1) is 27.9. The quantitative estimate of drug-likeness (QED) is 0.0887. The Morgan fingerprint density at radius 2 is 1.60 bits per heavy atom. The second-order valence-corrected chi connectivity index (χ2v) is 14.3. The number of amides is 4. The predicted octanol–water partition coefficient (Wildman–Crippen LogP) is 6.16. The van der Waals surface area contributed by atoms with Crippen LogP contribution in [0.3, 0.4) is 0 Å². The van der Waals surface area contributed by atoms with Crippen LogP contribution in [0.4, 0.5) is 0 Å². The molecule has 2 fully saturated rings. The monoisotopic (exact) mass is 760 g/mol. The third-order valence-electron chi connectivity index (χ3n) is 10.4. The molecular formula is C44H36N6O7. The van der Waals surface area contributed by atoms with Crippen LogP contribution < -0.4 is 19.5 Å². The van der Waals surface area contributed by atoms with Gasteiger partial charge in [-0.3, -0.25) is 34.4 Å². The molecule has 3 aliphatic rings. The molecule has 2 N–H and O–H groups in total. The second kappa shape index (κ2) is 15.2. The van der Waals surface area contributed by atoms with E-state index in [1.54, 1.807) is 18.5 Å². The van der Waals surface area contributed by atoms with Crippen LogP contribution in [0.15, 0.2) is 91.5 Å². The Kier molecular flexibility index (Phi) is 9.51. The first-order valence-electron chi connectivity index (χ1n) is 18.9. The highest BCUT2D eigenvalue weighted by Gasteiger charge is 2.44. The van der Waals surface area contributed by atoms with Gasteiger partial charge in [0.2, 0.25) is 17.7 Å². The number of piperidine rings is 1. The fourth-order valence-corrected chi connectivity index (χ4v) is 7.34. The SMILES string of the molecule is O=C1CCC(N2C(=O)c3ccc(OCCCCC#Cc4ccc(O[C@H]5C[C@H](Oc6ccc(-c7ccc8c(c7)[nH]c7ccncc78)cn6)C5)cn4)cc3C2=O)C(=O)N1. The molecule has 9 rings (SSSR count). The lowest BCUT2D eigenvalue weighted by atomic mass is 9.92. The van der Waals surface area contributed by atoms with E-state index in [-0.39, 0.29) is 36.2 Å². The average molecular weight is 761 g/mol. The average Bonchev–Trinajstić information content (AvgIpc) is 3.70. The van der Waals surface area contributed by atoms with Gasteiger partial charge in [-0.1, -0.05) is 18.1 Å². The summed E-state index contributed by atoms with van der Waals surface area (Å²) in [6.07, 6.45) is 11.2. The van der Waals surface area contributed by atoms with E-state index in [9.17, 15) is 19.2 Å². The number of nitrogens with zero attached hydrogens (tertiary/aromatic N) is 4. The van der Waals surface area contributed by atoms with Crippen molar-refractivity contribution in [2.45, 2.75) is 63.2 Å². The van der Waals surface area contributed by atoms with Crippen LogP contribution in [0.5, 0.6) is 17.4 Å². The number of carbonyl (C=O) groups excluding carboxylic acids is 4. The molecule has 6 heterocycles. The maximum Gasteiger partial charge on any atom is 0.262 e. The molecule has 13 heteroatoms. The third-order valence-corrected chi connectivity index (χ3v) is 10.4. The van der Waals surface area contributed by atoms with Gasteiger partial charge >= 0.3 is 0 Å². The summed E-state index contributed by atoms with van der Waals surface area (Å²) in [4.78, 5) is 67.4. The highest BCUT2D eigenvalue weighted by molar-refractivity contribution is 6.23. The summed E-state index contributed by atoms with van der Waals surface area (Å²) in [5, 5.41) is 4.45. The third kappa shape index (κ3) is 7.37. The van der Waals surface area contributed by atoms with Gasteiger partial charge in [-0.2, -0.15) is 0 Å². The molecule has 13 nitrogen and oxygen atoms in total. The molecule has 1 saturated heterocycles. The number of pyridine rings is 3. The summed E-state index contributed by atoms with van der Waals surface area (Å²) in [7, 11) is 0. The fraction of sp³-hybridized carbons (Fsp3) is 0.250. The first kappa shape index (κ1) is 35.6. The summed E-state index contributed by atoms with van der Waals surface area (Å²) in [6.45, 7) is 0.405. The Hall–Kier alpha value is -7.07. The molecule has 1 unspecified atom stereocenters. The highest BCUT2D eigenvalue weighted by Crippen LogP contribution is 2.33. The van der Waals surface area contributed by atoms with Gasteiger partial charge in [-0.25, -0.2) is 9.97 Å². The van der Waals surface area contributed by atoms with Gasteiger partial charge in [0, 0.05) is 77.7 Å². The number of ether oxygens (including phenoxy) is 3. The lowest BCUT2D eigenvalue weighted by Crippen LogP contribution is -2.54. The Balaban J connectivity index is 0.679. The van der Waals surface area contributed by atoms with E-state index in [0.29, 0.717) is 36.1 Å². The van der Waals surface area contributed by atoms with Gasteiger partial charge in [-0.05, 0) is 79.3 Å². The molecule has 57 heavy (non-hydrogen) atoms. The van der Waals surface area contributed by atoms with Crippen LogP contribution in [0.2, 0.25) is 0 Å². The van der Waals surface area contributed by atoms with E-state index in [0.717, 1.165) is 63.5 Å². The van der Waals surface area contributed by atoms with Crippen molar-refractivity contribution >= 4 is 45.4 Å². The van der Waals surface area contributed by atoms with Crippen molar-refractivity contribution in [3.05, 3.63) is 108 Å². The molecule has 1 aliphatic carbocycles. The van der Waals surface area contributed by atoms with Gasteiger partial charge in [0.1, 0.15) is 35.4 Å². The minimum absolute atomic E-state index is 0.0364. The van der Waals surface area contributed by atoms with Crippen LogP contribution in [0.25, 0.3) is 32.9 Å². The number of imide groups is 2. The molecule has 6 aromatic rings. The van der Waals surface area contributed by atoms with E-state index in [4.69, 9.17) is 14.2 Å². The van der Waals surface area contributed by atoms with Crippen molar-refractivity contribution in [3.63, 3.8) is 0 Å². The number of nitrogens with one attached hydrogen (secondary N) is 2. The van der Waals surface area contributed by atoms with Crippen LogP contribution in [0, 0.1) is 11.8 Å². The van der Waals surface area contributed by atoms with Crippen molar-refractivity contribution in [3.8, 4) is 40.3 Å². The van der Waals surface area contributed by atoms with Crippen LogP contribution >= 0.6 is 0 Å². The number of fused-ring (bicyclic) bond motifs is 4. The first-order valence-corrected chi connectivity index (χ1v) is 18.9. The standard InChI is InChI=1S/C44H36N6O7/c51-40-14-13-39(42(52)49-40)50-43(53)34-12-10-29(22-35(34)44(50)54)55-18-4-2-1-3-5-28-8-9-30(24-46-28)56-31-20-32(21-31)57-41-15-7-27(23-47-41)26-6-11-33-36-25-45-17-16-37(36)48-38(33)19-26/h6-12,15-17,19,22-25,31-32,39,48H,1-2,4,13-14,18,20-21H2,(H,49,51,52)/t31-,32-,39?. The second-order valence-electron chi connectivity index (χ2n) is 14.3. The maximum atomic E-state index is 13.0. The summed E-state index contributed by atoms with van der Waals surface area (Å²) in [5.41, 5.74) is 5.28. The van der Waals surface area contributed by atoms with E-state index >= 15 is 0 Å².